The molecule has 2 amide bonds. The lowest BCUT2D eigenvalue weighted by molar-refractivity contribution is -0.139. The number of carbonyl (C=O) groups is 2. The number of nitrogens with zero attached hydrogens (tertiary/aromatic N) is 2. The first-order valence-electron chi connectivity index (χ1n) is 10.9. The zero-order chi connectivity index (χ0) is 22.3. The van der Waals surface area contributed by atoms with Crippen molar-refractivity contribution in [2.24, 2.45) is 5.41 Å². The van der Waals surface area contributed by atoms with Crippen LogP contribution in [0.15, 0.2) is 12.1 Å². The highest BCUT2D eigenvalue weighted by atomic mass is 16.5. The Bertz CT molecular complexity index is 715. The van der Waals surface area contributed by atoms with Crippen LogP contribution in [0, 0.1) is 5.41 Å². The average molecular weight is 421 g/mol. The molecule has 168 valence electrons. The summed E-state index contributed by atoms with van der Waals surface area (Å²) < 4.78 is 17.2. The van der Waals surface area contributed by atoms with E-state index in [2.05, 4.69) is 0 Å². The highest BCUT2D eigenvalue weighted by Crippen LogP contribution is 2.39. The minimum absolute atomic E-state index is 0.0926. The molecule has 7 heteroatoms. The summed E-state index contributed by atoms with van der Waals surface area (Å²) in [6.45, 7) is 15.1. The Morgan fingerprint density at radius 3 is 1.83 bits per heavy atom. The summed E-state index contributed by atoms with van der Waals surface area (Å²) in [7, 11) is 0. The van der Waals surface area contributed by atoms with Crippen molar-refractivity contribution in [2.75, 3.05) is 46.0 Å². The van der Waals surface area contributed by atoms with Crippen molar-refractivity contribution in [1.82, 2.24) is 9.80 Å². The third-order valence-electron chi connectivity index (χ3n) is 4.87. The van der Waals surface area contributed by atoms with E-state index in [1.165, 1.54) is 0 Å². The van der Waals surface area contributed by atoms with Crippen molar-refractivity contribution in [1.29, 1.82) is 0 Å². The van der Waals surface area contributed by atoms with Gasteiger partial charge in [-0.2, -0.15) is 0 Å². The molecule has 0 atom stereocenters. The van der Waals surface area contributed by atoms with Crippen LogP contribution in [0.1, 0.15) is 58.3 Å². The molecular weight excluding hydrogens is 384 g/mol. The van der Waals surface area contributed by atoms with Gasteiger partial charge in [-0.1, -0.05) is 20.8 Å². The van der Waals surface area contributed by atoms with E-state index in [4.69, 9.17) is 14.2 Å². The molecule has 7 nitrogen and oxygen atoms in total. The predicted octanol–water partition coefficient (Wildman–Crippen LogP) is 3.60. The normalized spacial score (nSPS) is 14.9. The van der Waals surface area contributed by atoms with Gasteiger partial charge >= 0.3 is 0 Å². The second-order valence-corrected chi connectivity index (χ2v) is 8.29. The van der Waals surface area contributed by atoms with Gasteiger partial charge in [0.25, 0.3) is 5.91 Å². The van der Waals surface area contributed by atoms with E-state index >= 15 is 0 Å². The van der Waals surface area contributed by atoms with Gasteiger partial charge in [0.05, 0.1) is 19.8 Å². The van der Waals surface area contributed by atoms with Gasteiger partial charge in [0.2, 0.25) is 11.7 Å². The molecule has 30 heavy (non-hydrogen) atoms. The smallest absolute Gasteiger partial charge is 0.254 e. The predicted molar refractivity (Wildman–Crippen MR) is 117 cm³/mol. The third-order valence-corrected chi connectivity index (χ3v) is 4.87. The Hall–Kier alpha value is -2.44. The highest BCUT2D eigenvalue weighted by molar-refractivity contribution is 5.95. The molecule has 0 aromatic heterocycles. The molecule has 0 spiro atoms. The van der Waals surface area contributed by atoms with Crippen LogP contribution in [-0.4, -0.2) is 67.6 Å². The van der Waals surface area contributed by atoms with Crippen LogP contribution >= 0.6 is 0 Å². The standard InChI is InChI=1S/C23H36N2O5/c1-7-28-18-15-17(16-19(29-8-2)20(18)30-9-3)21(26)24-11-10-12-25(14-13-24)22(27)23(4,5)6/h15-16H,7-14H2,1-6H3. The van der Waals surface area contributed by atoms with Crippen LogP contribution in [0.3, 0.4) is 0 Å². The fourth-order valence-corrected chi connectivity index (χ4v) is 3.49. The Labute approximate surface area is 180 Å². The number of carbonyl (C=O) groups excluding carboxylic acids is 2. The number of benzene rings is 1. The molecule has 0 saturated carbocycles. The monoisotopic (exact) mass is 420 g/mol. The van der Waals surface area contributed by atoms with Gasteiger partial charge in [0.15, 0.2) is 11.5 Å². The van der Waals surface area contributed by atoms with E-state index in [9.17, 15) is 9.59 Å². The Morgan fingerprint density at radius 1 is 0.833 bits per heavy atom. The summed E-state index contributed by atoms with van der Waals surface area (Å²) in [5.41, 5.74) is 0.0773. The van der Waals surface area contributed by atoms with Gasteiger partial charge in [0.1, 0.15) is 0 Å². The van der Waals surface area contributed by atoms with Gasteiger partial charge in [0, 0.05) is 37.2 Å². The molecule has 0 N–H and O–H groups in total. The van der Waals surface area contributed by atoms with Crippen molar-refractivity contribution >= 4 is 11.8 Å². The first kappa shape index (κ1) is 23.8. The minimum Gasteiger partial charge on any atom is -0.490 e. The maximum Gasteiger partial charge on any atom is 0.254 e. The zero-order valence-electron chi connectivity index (χ0n) is 19.2. The summed E-state index contributed by atoms with van der Waals surface area (Å²) in [6.07, 6.45) is 0.751. The first-order chi connectivity index (χ1) is 14.2. The van der Waals surface area contributed by atoms with E-state index in [0.29, 0.717) is 68.8 Å². The van der Waals surface area contributed by atoms with Crippen LogP contribution in [0.5, 0.6) is 17.2 Å². The van der Waals surface area contributed by atoms with E-state index in [0.717, 1.165) is 6.42 Å². The lowest BCUT2D eigenvalue weighted by Gasteiger charge is -2.28. The number of hydrogen-bond acceptors (Lipinski definition) is 5. The summed E-state index contributed by atoms with van der Waals surface area (Å²) >= 11 is 0. The lowest BCUT2D eigenvalue weighted by atomic mass is 9.94. The molecule has 0 bridgehead atoms. The van der Waals surface area contributed by atoms with Crippen molar-refractivity contribution in [3.8, 4) is 17.2 Å². The molecule has 1 aromatic rings. The summed E-state index contributed by atoms with van der Waals surface area (Å²) in [6, 6.07) is 3.45. The van der Waals surface area contributed by atoms with Gasteiger partial charge in [-0.05, 0) is 39.3 Å². The second kappa shape index (κ2) is 10.5. The second-order valence-electron chi connectivity index (χ2n) is 8.29. The fourth-order valence-electron chi connectivity index (χ4n) is 3.49. The average Bonchev–Trinajstić information content (AvgIpc) is 2.95. The van der Waals surface area contributed by atoms with Crippen molar-refractivity contribution in [3.63, 3.8) is 0 Å². The van der Waals surface area contributed by atoms with Crippen LogP contribution in [-0.2, 0) is 4.79 Å². The number of hydrogen-bond donors (Lipinski definition) is 0. The van der Waals surface area contributed by atoms with Crippen LogP contribution in [0.2, 0.25) is 0 Å². The minimum atomic E-state index is -0.424. The van der Waals surface area contributed by atoms with Gasteiger partial charge in [-0.25, -0.2) is 0 Å². The van der Waals surface area contributed by atoms with Gasteiger partial charge < -0.3 is 24.0 Å². The Kier molecular flexibility index (Phi) is 8.38. The quantitative estimate of drug-likeness (QED) is 0.674. The van der Waals surface area contributed by atoms with Crippen molar-refractivity contribution in [3.05, 3.63) is 17.7 Å². The van der Waals surface area contributed by atoms with E-state index in [1.54, 1.807) is 17.0 Å². The largest absolute Gasteiger partial charge is 0.490 e. The Balaban J connectivity index is 2.26. The van der Waals surface area contributed by atoms with E-state index in [-0.39, 0.29) is 11.8 Å². The molecule has 1 fully saturated rings. The third kappa shape index (κ3) is 5.80. The van der Waals surface area contributed by atoms with Gasteiger partial charge in [-0.3, -0.25) is 9.59 Å². The maximum absolute atomic E-state index is 13.3. The topological polar surface area (TPSA) is 68.3 Å². The molecule has 2 rings (SSSR count). The maximum atomic E-state index is 13.3. The first-order valence-corrected chi connectivity index (χ1v) is 10.9. The molecule has 0 radical (unpaired) electrons. The molecule has 1 heterocycles. The number of amides is 2. The SMILES string of the molecule is CCOc1cc(C(=O)N2CCCN(C(=O)C(C)(C)C)CC2)cc(OCC)c1OCC. The molecule has 1 aliphatic heterocycles. The summed E-state index contributed by atoms with van der Waals surface area (Å²) in [5, 5.41) is 0. The van der Waals surface area contributed by atoms with Crippen molar-refractivity contribution in [2.45, 2.75) is 48.0 Å². The van der Waals surface area contributed by atoms with Crippen molar-refractivity contribution < 1.29 is 23.8 Å². The molecule has 0 unspecified atom stereocenters. The van der Waals surface area contributed by atoms with E-state index in [1.807, 2.05) is 46.4 Å². The molecule has 1 aromatic carbocycles. The fraction of sp³-hybridized carbons (Fsp3) is 0.652. The van der Waals surface area contributed by atoms with Crippen LogP contribution in [0.4, 0.5) is 0 Å². The number of rotatable bonds is 7. The molecule has 1 aliphatic rings. The highest BCUT2D eigenvalue weighted by Gasteiger charge is 2.30. The Morgan fingerprint density at radius 2 is 1.33 bits per heavy atom. The van der Waals surface area contributed by atoms with E-state index < -0.39 is 5.41 Å². The zero-order valence-corrected chi connectivity index (χ0v) is 19.2. The number of ether oxygens (including phenoxy) is 3. The molecule has 1 saturated heterocycles. The molecule has 0 aliphatic carbocycles. The van der Waals surface area contributed by atoms with Crippen LogP contribution in [0.25, 0.3) is 0 Å². The lowest BCUT2D eigenvalue weighted by Crippen LogP contribution is -2.42. The van der Waals surface area contributed by atoms with Gasteiger partial charge in [-0.15, -0.1) is 0 Å². The van der Waals surface area contributed by atoms with Crippen LogP contribution < -0.4 is 14.2 Å². The summed E-state index contributed by atoms with van der Waals surface area (Å²) in [5.74, 6) is 1.57. The molecular formula is C23H36N2O5. The summed E-state index contributed by atoms with van der Waals surface area (Å²) in [4.78, 5) is 29.6.